The first-order valence-corrected chi connectivity index (χ1v) is 9.86. The summed E-state index contributed by atoms with van der Waals surface area (Å²) in [6.45, 7) is 2.05. The second kappa shape index (κ2) is 8.05. The average molecular weight is 336 g/mol. The summed E-state index contributed by atoms with van der Waals surface area (Å²) in [5.41, 5.74) is 2.42. The first kappa shape index (κ1) is 16.6. The molecule has 0 spiro atoms. The van der Waals surface area contributed by atoms with Crippen LogP contribution in [-0.2, 0) is 6.54 Å². The number of piperidine rings is 1. The Hall–Kier alpha value is -1.81. The Kier molecular flexibility index (Phi) is 5.36. The van der Waals surface area contributed by atoms with E-state index in [1.165, 1.54) is 62.6 Å². The summed E-state index contributed by atoms with van der Waals surface area (Å²) in [4.78, 5) is 16.6. The van der Waals surface area contributed by atoms with Gasteiger partial charge < -0.3 is 0 Å². The van der Waals surface area contributed by atoms with Crippen LogP contribution in [0.5, 0.6) is 0 Å². The second-order valence-corrected chi connectivity index (χ2v) is 7.52. The van der Waals surface area contributed by atoms with Crippen LogP contribution in [0, 0.1) is 0 Å². The molecule has 0 N–H and O–H groups in total. The maximum absolute atomic E-state index is 4.71. The van der Waals surface area contributed by atoms with Crippen molar-refractivity contribution in [2.24, 2.45) is 0 Å². The Bertz CT molecular complexity index is 649. The molecule has 4 nitrogen and oxygen atoms in total. The van der Waals surface area contributed by atoms with Crippen molar-refractivity contribution in [3.8, 4) is 0 Å². The van der Waals surface area contributed by atoms with Crippen LogP contribution in [0.1, 0.15) is 80.4 Å². The van der Waals surface area contributed by atoms with Crippen LogP contribution >= 0.6 is 0 Å². The molecule has 1 aliphatic carbocycles. The van der Waals surface area contributed by atoms with E-state index in [9.17, 15) is 0 Å². The Morgan fingerprint density at radius 2 is 1.68 bits per heavy atom. The summed E-state index contributed by atoms with van der Waals surface area (Å²) < 4.78 is 0. The summed E-state index contributed by atoms with van der Waals surface area (Å²) in [6.07, 6.45) is 16.3. The molecule has 0 amide bonds. The molecule has 1 aliphatic heterocycles. The largest absolute Gasteiger partial charge is 0.290 e. The van der Waals surface area contributed by atoms with Crippen molar-refractivity contribution in [2.45, 2.75) is 69.9 Å². The Balaban J connectivity index is 1.44. The van der Waals surface area contributed by atoms with Crippen LogP contribution in [-0.4, -0.2) is 26.4 Å². The van der Waals surface area contributed by atoms with Gasteiger partial charge in [-0.3, -0.25) is 9.88 Å². The molecule has 0 aromatic carbocycles. The molecule has 0 unspecified atom stereocenters. The zero-order valence-electron chi connectivity index (χ0n) is 15.0. The van der Waals surface area contributed by atoms with Crippen molar-refractivity contribution < 1.29 is 0 Å². The van der Waals surface area contributed by atoms with Crippen LogP contribution in [0.4, 0.5) is 0 Å². The van der Waals surface area contributed by atoms with Crippen LogP contribution in [0.15, 0.2) is 36.8 Å². The number of likely N-dealkylation sites (tertiary alicyclic amines) is 1. The highest BCUT2D eigenvalue weighted by molar-refractivity contribution is 5.12. The highest BCUT2D eigenvalue weighted by Crippen LogP contribution is 2.32. The van der Waals surface area contributed by atoms with Crippen molar-refractivity contribution in [3.63, 3.8) is 0 Å². The third-order valence-electron chi connectivity index (χ3n) is 5.72. The minimum absolute atomic E-state index is 0.424. The number of pyridine rings is 1. The van der Waals surface area contributed by atoms with Crippen molar-refractivity contribution in [3.05, 3.63) is 53.9 Å². The minimum atomic E-state index is 0.424. The number of nitrogens with zero attached hydrogens (tertiary/aromatic N) is 4. The Morgan fingerprint density at radius 3 is 2.44 bits per heavy atom. The molecule has 4 rings (SSSR count). The van der Waals surface area contributed by atoms with Gasteiger partial charge in [0, 0.05) is 36.6 Å². The van der Waals surface area contributed by atoms with Crippen LogP contribution < -0.4 is 0 Å². The standard InChI is InChI=1S/C21H28N4/c1-2-8-18(9-3-1)21-23-14-17(15-24-21)16-25-13-7-5-11-20(25)19-10-4-6-12-22-19/h4,6,10,12,14-15,18,20H,1-3,5,7-9,11,13,16H2/t20-/m0/s1. The van der Waals surface area contributed by atoms with Crippen LogP contribution in [0.3, 0.4) is 0 Å². The highest BCUT2D eigenvalue weighted by Gasteiger charge is 2.25. The van der Waals surface area contributed by atoms with Gasteiger partial charge in [-0.2, -0.15) is 0 Å². The molecule has 1 saturated carbocycles. The van der Waals surface area contributed by atoms with E-state index in [2.05, 4.69) is 34.4 Å². The predicted molar refractivity (Wildman–Crippen MR) is 99.1 cm³/mol. The molecule has 2 fully saturated rings. The van der Waals surface area contributed by atoms with Crippen molar-refractivity contribution >= 4 is 0 Å². The first-order chi connectivity index (χ1) is 12.4. The highest BCUT2D eigenvalue weighted by atomic mass is 15.2. The molecule has 132 valence electrons. The summed E-state index contributed by atoms with van der Waals surface area (Å²) in [5, 5.41) is 0. The van der Waals surface area contributed by atoms with Crippen LogP contribution in [0.2, 0.25) is 0 Å². The summed E-state index contributed by atoms with van der Waals surface area (Å²) in [7, 11) is 0. The molecule has 1 saturated heterocycles. The van der Waals surface area contributed by atoms with E-state index < -0.39 is 0 Å². The monoisotopic (exact) mass is 336 g/mol. The summed E-state index contributed by atoms with van der Waals surface area (Å²) in [6, 6.07) is 6.67. The van der Waals surface area contributed by atoms with Crippen molar-refractivity contribution in [2.75, 3.05) is 6.54 Å². The molecule has 2 aromatic rings. The van der Waals surface area contributed by atoms with E-state index in [0.29, 0.717) is 12.0 Å². The van der Waals surface area contributed by atoms with Gasteiger partial charge in [0.15, 0.2) is 0 Å². The molecule has 25 heavy (non-hydrogen) atoms. The fourth-order valence-electron chi connectivity index (χ4n) is 4.34. The van der Waals surface area contributed by atoms with Gasteiger partial charge in [-0.1, -0.05) is 31.7 Å². The number of hydrogen-bond acceptors (Lipinski definition) is 4. The van der Waals surface area contributed by atoms with Crippen molar-refractivity contribution in [1.82, 2.24) is 19.9 Å². The predicted octanol–water partition coefficient (Wildman–Crippen LogP) is 4.65. The first-order valence-electron chi connectivity index (χ1n) is 9.86. The minimum Gasteiger partial charge on any atom is -0.290 e. The quantitative estimate of drug-likeness (QED) is 0.815. The zero-order valence-corrected chi connectivity index (χ0v) is 15.0. The van der Waals surface area contributed by atoms with Gasteiger partial charge in [0.25, 0.3) is 0 Å². The van der Waals surface area contributed by atoms with Gasteiger partial charge in [0.2, 0.25) is 0 Å². The van der Waals surface area contributed by atoms with E-state index in [0.717, 1.165) is 18.9 Å². The van der Waals surface area contributed by atoms with Crippen molar-refractivity contribution in [1.29, 1.82) is 0 Å². The van der Waals surface area contributed by atoms with Gasteiger partial charge in [-0.25, -0.2) is 9.97 Å². The fourth-order valence-corrected chi connectivity index (χ4v) is 4.34. The lowest BCUT2D eigenvalue weighted by molar-refractivity contribution is 0.137. The van der Waals surface area contributed by atoms with E-state index in [1.807, 2.05) is 12.3 Å². The lowest BCUT2D eigenvalue weighted by Crippen LogP contribution is -2.33. The van der Waals surface area contributed by atoms with Gasteiger partial charge in [0.05, 0.1) is 11.7 Å². The number of rotatable bonds is 4. The third kappa shape index (κ3) is 4.06. The van der Waals surface area contributed by atoms with E-state index in [-0.39, 0.29) is 0 Å². The lowest BCUT2D eigenvalue weighted by Gasteiger charge is -2.35. The fraction of sp³-hybridized carbons (Fsp3) is 0.571. The molecule has 1 atom stereocenters. The second-order valence-electron chi connectivity index (χ2n) is 7.52. The Morgan fingerprint density at radius 1 is 0.880 bits per heavy atom. The number of aromatic nitrogens is 3. The molecule has 0 bridgehead atoms. The molecule has 2 aliphatic rings. The van der Waals surface area contributed by atoms with E-state index >= 15 is 0 Å². The molecule has 4 heteroatoms. The summed E-state index contributed by atoms with van der Waals surface area (Å²) in [5.74, 6) is 1.64. The van der Waals surface area contributed by atoms with Crippen LogP contribution in [0.25, 0.3) is 0 Å². The Labute approximate surface area is 150 Å². The lowest BCUT2D eigenvalue weighted by atomic mass is 9.89. The molecular weight excluding hydrogens is 308 g/mol. The van der Waals surface area contributed by atoms with E-state index in [4.69, 9.17) is 9.97 Å². The third-order valence-corrected chi connectivity index (χ3v) is 5.72. The van der Waals surface area contributed by atoms with Gasteiger partial charge in [0.1, 0.15) is 5.82 Å². The topological polar surface area (TPSA) is 41.9 Å². The van der Waals surface area contributed by atoms with Gasteiger partial charge in [-0.15, -0.1) is 0 Å². The average Bonchev–Trinajstić information content (AvgIpc) is 2.70. The maximum Gasteiger partial charge on any atom is 0.131 e. The molecule has 3 heterocycles. The molecule has 2 aromatic heterocycles. The smallest absolute Gasteiger partial charge is 0.131 e. The molecule has 0 radical (unpaired) electrons. The molecular formula is C21H28N4. The maximum atomic E-state index is 4.71. The SMILES string of the molecule is c1ccc([C@@H]2CCCCN2Cc2cnc(C3CCCCC3)nc2)nc1. The van der Waals surface area contributed by atoms with Gasteiger partial charge >= 0.3 is 0 Å². The zero-order chi connectivity index (χ0) is 16.9. The summed E-state index contributed by atoms with van der Waals surface area (Å²) >= 11 is 0. The normalized spacial score (nSPS) is 22.8. The van der Waals surface area contributed by atoms with E-state index in [1.54, 1.807) is 0 Å². The number of hydrogen-bond donors (Lipinski definition) is 0. The van der Waals surface area contributed by atoms with Gasteiger partial charge in [-0.05, 0) is 44.4 Å².